The highest BCUT2D eigenvalue weighted by atomic mass is 35.5. The highest BCUT2D eigenvalue weighted by Crippen LogP contribution is 2.28. The molecule has 0 atom stereocenters. The van der Waals surface area contributed by atoms with E-state index in [2.05, 4.69) is 4.99 Å². The molecule has 130 valence electrons. The van der Waals surface area contributed by atoms with Crippen molar-refractivity contribution in [3.63, 3.8) is 0 Å². The van der Waals surface area contributed by atoms with Crippen LogP contribution in [0.2, 0.25) is 5.02 Å². The predicted octanol–water partition coefficient (Wildman–Crippen LogP) is 3.50. The van der Waals surface area contributed by atoms with Crippen LogP contribution in [0.25, 0.3) is 6.08 Å². The molecule has 0 saturated heterocycles. The molecule has 0 saturated carbocycles. The Labute approximate surface area is 150 Å². The molecule has 9 nitrogen and oxygen atoms in total. The highest BCUT2D eigenvalue weighted by molar-refractivity contribution is 6.34. The Bertz CT molecular complexity index is 1010. The smallest absolute Gasteiger partial charge is 0.363 e. The number of non-ortho nitro benzene ring substituents is 1. The fraction of sp³-hybridized carbons (Fsp3) is 0. The third kappa shape index (κ3) is 3.28. The summed E-state index contributed by atoms with van der Waals surface area (Å²) in [5.74, 6) is -1.06. The van der Waals surface area contributed by atoms with Crippen LogP contribution in [-0.4, -0.2) is 21.7 Å². The zero-order valence-corrected chi connectivity index (χ0v) is 13.5. The Morgan fingerprint density at radius 1 is 1.08 bits per heavy atom. The number of carbonyl (C=O) groups excluding carboxylic acids is 1. The Morgan fingerprint density at radius 2 is 1.81 bits per heavy atom. The maximum atomic E-state index is 12.0. The van der Waals surface area contributed by atoms with Crippen LogP contribution in [0.15, 0.2) is 53.2 Å². The Balaban J connectivity index is 2.05. The molecule has 0 spiro atoms. The SMILES string of the molecule is O=C1OC(c2cc([N+](=O)[O-])ccc2Cl)=N/C1=C\c1ccccc1[N+](=O)[O-]. The van der Waals surface area contributed by atoms with E-state index >= 15 is 0 Å². The quantitative estimate of drug-likeness (QED) is 0.349. The van der Waals surface area contributed by atoms with E-state index in [4.69, 9.17) is 16.3 Å². The van der Waals surface area contributed by atoms with Gasteiger partial charge in [-0.3, -0.25) is 20.2 Å². The number of nitrogens with zero attached hydrogens (tertiary/aromatic N) is 3. The molecule has 2 aromatic rings. The maximum absolute atomic E-state index is 12.0. The number of carbonyl (C=O) groups is 1. The summed E-state index contributed by atoms with van der Waals surface area (Å²) in [4.78, 5) is 36.7. The molecule has 1 aliphatic rings. The average Bonchev–Trinajstić information content (AvgIpc) is 2.96. The molecule has 1 aliphatic heterocycles. The van der Waals surface area contributed by atoms with E-state index in [1.165, 1.54) is 36.4 Å². The van der Waals surface area contributed by atoms with Crippen LogP contribution in [0.5, 0.6) is 0 Å². The van der Waals surface area contributed by atoms with E-state index in [1.54, 1.807) is 6.07 Å². The molecule has 0 unspecified atom stereocenters. The normalized spacial score (nSPS) is 14.9. The van der Waals surface area contributed by atoms with E-state index in [1.807, 2.05) is 0 Å². The van der Waals surface area contributed by atoms with Crippen LogP contribution in [0.3, 0.4) is 0 Å². The van der Waals surface area contributed by atoms with Crippen molar-refractivity contribution in [1.82, 2.24) is 0 Å². The summed E-state index contributed by atoms with van der Waals surface area (Å²) in [6.07, 6.45) is 1.21. The summed E-state index contributed by atoms with van der Waals surface area (Å²) >= 11 is 6.00. The second kappa shape index (κ2) is 6.73. The van der Waals surface area contributed by atoms with Crippen molar-refractivity contribution in [1.29, 1.82) is 0 Å². The van der Waals surface area contributed by atoms with Gasteiger partial charge in [0.1, 0.15) is 0 Å². The Hall–Kier alpha value is -3.59. The number of ether oxygens (including phenoxy) is 1. The number of benzene rings is 2. The lowest BCUT2D eigenvalue weighted by Gasteiger charge is -2.02. The standard InChI is InChI=1S/C16H8ClN3O6/c17-12-6-5-10(19(22)23)8-11(12)15-18-13(16(21)26-15)7-9-3-1-2-4-14(9)20(24)25/h1-8H/b13-7-. The molecule has 3 rings (SSSR count). The number of rotatable bonds is 4. The number of esters is 1. The van der Waals surface area contributed by atoms with Crippen molar-refractivity contribution in [2.24, 2.45) is 4.99 Å². The summed E-state index contributed by atoms with van der Waals surface area (Å²) in [5.41, 5.74) is -0.402. The minimum Gasteiger partial charge on any atom is -0.402 e. The van der Waals surface area contributed by atoms with Crippen LogP contribution >= 0.6 is 11.6 Å². The van der Waals surface area contributed by atoms with Gasteiger partial charge in [-0.25, -0.2) is 9.79 Å². The molecule has 0 fully saturated rings. The molecule has 0 radical (unpaired) electrons. The van der Waals surface area contributed by atoms with E-state index in [9.17, 15) is 25.0 Å². The molecule has 2 aromatic carbocycles. The summed E-state index contributed by atoms with van der Waals surface area (Å²) in [6, 6.07) is 9.41. The first-order chi connectivity index (χ1) is 12.4. The van der Waals surface area contributed by atoms with Gasteiger partial charge >= 0.3 is 5.97 Å². The molecule has 0 amide bonds. The van der Waals surface area contributed by atoms with Gasteiger partial charge in [0.05, 0.1) is 26.0 Å². The third-order valence-corrected chi connectivity index (χ3v) is 3.77. The van der Waals surface area contributed by atoms with Gasteiger partial charge in [0.15, 0.2) is 5.70 Å². The van der Waals surface area contributed by atoms with Crippen molar-refractivity contribution < 1.29 is 19.4 Å². The Kier molecular flexibility index (Phi) is 4.46. The van der Waals surface area contributed by atoms with E-state index in [0.717, 1.165) is 6.07 Å². The van der Waals surface area contributed by atoms with Gasteiger partial charge in [0, 0.05) is 18.2 Å². The van der Waals surface area contributed by atoms with Crippen LogP contribution < -0.4 is 0 Å². The Morgan fingerprint density at radius 3 is 2.50 bits per heavy atom. The third-order valence-electron chi connectivity index (χ3n) is 3.44. The average molecular weight is 374 g/mol. The van der Waals surface area contributed by atoms with Gasteiger partial charge in [-0.05, 0) is 18.2 Å². The van der Waals surface area contributed by atoms with Crippen LogP contribution in [0.4, 0.5) is 11.4 Å². The number of aliphatic imine (C=N–C) groups is 1. The fourth-order valence-corrected chi connectivity index (χ4v) is 2.44. The monoisotopic (exact) mass is 373 g/mol. The minimum atomic E-state index is -0.847. The van der Waals surface area contributed by atoms with Gasteiger partial charge in [0.25, 0.3) is 11.4 Å². The van der Waals surface area contributed by atoms with Crippen molar-refractivity contribution >= 4 is 40.9 Å². The predicted molar refractivity (Wildman–Crippen MR) is 91.8 cm³/mol. The summed E-state index contributed by atoms with van der Waals surface area (Å²) in [6.45, 7) is 0. The highest BCUT2D eigenvalue weighted by Gasteiger charge is 2.27. The van der Waals surface area contributed by atoms with E-state index in [-0.39, 0.29) is 39.1 Å². The van der Waals surface area contributed by atoms with Gasteiger partial charge in [-0.2, -0.15) is 0 Å². The van der Waals surface area contributed by atoms with E-state index < -0.39 is 15.8 Å². The molecule has 0 N–H and O–H groups in total. The van der Waals surface area contributed by atoms with Gasteiger partial charge < -0.3 is 4.74 Å². The molecule has 0 aromatic heterocycles. The first-order valence-corrected chi connectivity index (χ1v) is 7.45. The van der Waals surface area contributed by atoms with Crippen LogP contribution in [-0.2, 0) is 9.53 Å². The number of halogens is 1. The minimum absolute atomic E-state index is 0.0696. The lowest BCUT2D eigenvalue weighted by molar-refractivity contribution is -0.385. The second-order valence-corrected chi connectivity index (χ2v) is 5.48. The largest absolute Gasteiger partial charge is 0.402 e. The molecule has 10 heteroatoms. The van der Waals surface area contributed by atoms with Crippen molar-refractivity contribution in [3.8, 4) is 0 Å². The summed E-state index contributed by atoms with van der Waals surface area (Å²) in [7, 11) is 0. The zero-order chi connectivity index (χ0) is 18.8. The fourth-order valence-electron chi connectivity index (χ4n) is 2.24. The number of cyclic esters (lactones) is 1. The number of nitro groups is 2. The topological polar surface area (TPSA) is 125 Å². The maximum Gasteiger partial charge on any atom is 0.363 e. The van der Waals surface area contributed by atoms with Gasteiger partial charge in [-0.1, -0.05) is 23.7 Å². The first kappa shape index (κ1) is 17.2. The second-order valence-electron chi connectivity index (χ2n) is 5.07. The van der Waals surface area contributed by atoms with Gasteiger partial charge in [-0.15, -0.1) is 0 Å². The summed E-state index contributed by atoms with van der Waals surface area (Å²) in [5, 5.41) is 22.0. The van der Waals surface area contributed by atoms with Crippen molar-refractivity contribution in [3.05, 3.63) is 84.5 Å². The van der Waals surface area contributed by atoms with Crippen LogP contribution in [0, 0.1) is 20.2 Å². The number of para-hydroxylation sites is 1. The lowest BCUT2D eigenvalue weighted by Crippen LogP contribution is -2.06. The van der Waals surface area contributed by atoms with Crippen molar-refractivity contribution in [2.45, 2.75) is 0 Å². The molecular weight excluding hydrogens is 366 g/mol. The summed E-state index contributed by atoms with van der Waals surface area (Å²) < 4.78 is 5.01. The molecule has 0 aliphatic carbocycles. The molecule has 1 heterocycles. The molecular formula is C16H8ClN3O6. The lowest BCUT2D eigenvalue weighted by atomic mass is 10.1. The van der Waals surface area contributed by atoms with E-state index in [0.29, 0.717) is 0 Å². The molecule has 26 heavy (non-hydrogen) atoms. The van der Waals surface area contributed by atoms with Crippen molar-refractivity contribution in [2.75, 3.05) is 0 Å². The van der Waals surface area contributed by atoms with Gasteiger partial charge in [0.2, 0.25) is 5.90 Å². The molecule has 0 bridgehead atoms. The zero-order valence-electron chi connectivity index (χ0n) is 12.8. The number of hydrogen-bond donors (Lipinski definition) is 0. The number of nitro benzene ring substituents is 2. The van der Waals surface area contributed by atoms with Crippen LogP contribution in [0.1, 0.15) is 11.1 Å². The number of hydrogen-bond acceptors (Lipinski definition) is 7. The first-order valence-electron chi connectivity index (χ1n) is 7.07.